The predicted octanol–water partition coefficient (Wildman–Crippen LogP) is 1.17. The van der Waals surface area contributed by atoms with Gasteiger partial charge in [-0.15, -0.1) is 0 Å². The molecule has 0 saturated heterocycles. The number of H-pyrrole nitrogens is 1. The van der Waals surface area contributed by atoms with E-state index >= 15 is 0 Å². The van der Waals surface area contributed by atoms with Crippen molar-refractivity contribution in [1.29, 1.82) is 0 Å². The van der Waals surface area contributed by atoms with E-state index in [9.17, 15) is 8.42 Å². The second-order valence-electron chi connectivity index (χ2n) is 5.01. The largest absolute Gasteiger partial charge is 0.315 e. The molecule has 0 aromatic carbocycles. The molecule has 1 unspecified atom stereocenters. The summed E-state index contributed by atoms with van der Waals surface area (Å²) in [5.74, 6) is 0.162. The van der Waals surface area contributed by atoms with E-state index in [1.165, 1.54) is 0 Å². The van der Waals surface area contributed by atoms with Crippen LogP contribution in [0.4, 0.5) is 0 Å². The average molecular weight is 288 g/mol. The second-order valence-corrected chi connectivity index (χ2v) is 6.88. The molecule has 1 heterocycles. The Hall–Kier alpha value is -0.920. The van der Waals surface area contributed by atoms with E-state index in [4.69, 9.17) is 0 Å². The normalized spacial score (nSPS) is 13.9. The van der Waals surface area contributed by atoms with E-state index in [0.29, 0.717) is 12.5 Å². The molecule has 7 heteroatoms. The standard InChI is InChI=1S/C12H24N4O2S/c1-10(2)13-6-4-5-7-19(17,18)16-11(3)12-8-14-15-9-12/h8-11,13,16H,4-7H2,1-3H3,(H,14,15). The third-order valence-electron chi connectivity index (χ3n) is 2.77. The molecule has 0 radical (unpaired) electrons. The molecule has 1 rings (SSSR count). The number of aromatic amines is 1. The molecule has 0 amide bonds. The quantitative estimate of drug-likeness (QED) is 0.595. The molecule has 0 aliphatic carbocycles. The van der Waals surface area contributed by atoms with Crippen LogP contribution in [0.2, 0.25) is 0 Å². The van der Waals surface area contributed by atoms with Crippen LogP contribution in [0.15, 0.2) is 12.4 Å². The topological polar surface area (TPSA) is 86.9 Å². The van der Waals surface area contributed by atoms with Crippen molar-refractivity contribution in [3.63, 3.8) is 0 Å². The van der Waals surface area contributed by atoms with Gasteiger partial charge in [0.15, 0.2) is 0 Å². The van der Waals surface area contributed by atoms with E-state index in [2.05, 4.69) is 34.1 Å². The summed E-state index contributed by atoms with van der Waals surface area (Å²) in [7, 11) is -3.23. The van der Waals surface area contributed by atoms with Crippen molar-refractivity contribution in [3.8, 4) is 0 Å². The van der Waals surface area contributed by atoms with Crippen molar-refractivity contribution in [2.24, 2.45) is 0 Å². The van der Waals surface area contributed by atoms with Gasteiger partial charge in [-0.25, -0.2) is 13.1 Å². The molecule has 3 N–H and O–H groups in total. The first-order chi connectivity index (χ1) is 8.91. The molecule has 19 heavy (non-hydrogen) atoms. The van der Waals surface area contributed by atoms with Crippen LogP contribution in [-0.4, -0.2) is 37.0 Å². The van der Waals surface area contributed by atoms with E-state index in [1.54, 1.807) is 12.4 Å². The third-order valence-corrected chi connectivity index (χ3v) is 4.31. The first kappa shape index (κ1) is 16.1. The van der Waals surface area contributed by atoms with E-state index in [1.807, 2.05) is 6.92 Å². The Morgan fingerprint density at radius 2 is 2.05 bits per heavy atom. The van der Waals surface area contributed by atoms with Crippen molar-refractivity contribution in [3.05, 3.63) is 18.0 Å². The van der Waals surface area contributed by atoms with Crippen molar-refractivity contribution in [2.45, 2.75) is 45.7 Å². The molecular formula is C12H24N4O2S. The van der Waals surface area contributed by atoms with Crippen molar-refractivity contribution >= 4 is 10.0 Å². The first-order valence-electron chi connectivity index (χ1n) is 6.63. The number of rotatable bonds is 9. The van der Waals surface area contributed by atoms with Gasteiger partial charge >= 0.3 is 0 Å². The zero-order valence-corrected chi connectivity index (χ0v) is 12.6. The van der Waals surface area contributed by atoms with Crippen LogP contribution in [0.1, 0.15) is 45.2 Å². The fourth-order valence-electron chi connectivity index (χ4n) is 1.70. The van der Waals surface area contributed by atoms with Gasteiger partial charge in [0.05, 0.1) is 11.9 Å². The maximum absolute atomic E-state index is 11.9. The average Bonchev–Trinajstić information content (AvgIpc) is 2.80. The van der Waals surface area contributed by atoms with Crippen molar-refractivity contribution in [2.75, 3.05) is 12.3 Å². The molecule has 0 bridgehead atoms. The molecule has 110 valence electrons. The highest BCUT2D eigenvalue weighted by atomic mass is 32.2. The second kappa shape index (κ2) is 7.62. The molecule has 0 spiro atoms. The minimum Gasteiger partial charge on any atom is -0.315 e. The van der Waals surface area contributed by atoms with Crippen LogP contribution in [-0.2, 0) is 10.0 Å². The maximum Gasteiger partial charge on any atom is 0.212 e. The Balaban J connectivity index is 2.28. The van der Waals surface area contributed by atoms with Gasteiger partial charge in [0.1, 0.15) is 0 Å². The number of hydrogen-bond donors (Lipinski definition) is 3. The lowest BCUT2D eigenvalue weighted by atomic mass is 10.2. The summed E-state index contributed by atoms with van der Waals surface area (Å²) in [5.41, 5.74) is 0.838. The number of hydrogen-bond acceptors (Lipinski definition) is 4. The molecule has 6 nitrogen and oxygen atoms in total. The Bertz CT molecular complexity index is 442. The lowest BCUT2D eigenvalue weighted by Crippen LogP contribution is -2.29. The van der Waals surface area contributed by atoms with Gasteiger partial charge in [-0.05, 0) is 26.3 Å². The summed E-state index contributed by atoms with van der Waals surface area (Å²) < 4.78 is 26.4. The minimum absolute atomic E-state index is 0.162. The summed E-state index contributed by atoms with van der Waals surface area (Å²) in [4.78, 5) is 0. The molecule has 1 atom stereocenters. The number of aromatic nitrogens is 2. The maximum atomic E-state index is 11.9. The van der Waals surface area contributed by atoms with Crippen LogP contribution in [0, 0.1) is 0 Å². The van der Waals surface area contributed by atoms with Gasteiger partial charge in [0.2, 0.25) is 10.0 Å². The van der Waals surface area contributed by atoms with Crippen LogP contribution in [0.25, 0.3) is 0 Å². The summed E-state index contributed by atoms with van der Waals surface area (Å²) in [6.07, 6.45) is 4.84. The van der Waals surface area contributed by atoms with Gasteiger partial charge in [0.25, 0.3) is 0 Å². The molecular weight excluding hydrogens is 264 g/mol. The van der Waals surface area contributed by atoms with Crippen molar-refractivity contribution in [1.82, 2.24) is 20.2 Å². The number of nitrogens with zero attached hydrogens (tertiary/aromatic N) is 1. The Morgan fingerprint density at radius 1 is 1.32 bits per heavy atom. The number of sulfonamides is 1. The molecule has 0 aliphatic rings. The summed E-state index contributed by atoms with van der Waals surface area (Å²) in [5, 5.41) is 9.75. The summed E-state index contributed by atoms with van der Waals surface area (Å²) in [6.45, 7) is 6.81. The lowest BCUT2D eigenvalue weighted by molar-refractivity contribution is 0.549. The fraction of sp³-hybridized carbons (Fsp3) is 0.750. The highest BCUT2D eigenvalue weighted by molar-refractivity contribution is 7.89. The summed E-state index contributed by atoms with van der Waals surface area (Å²) >= 11 is 0. The first-order valence-corrected chi connectivity index (χ1v) is 8.28. The van der Waals surface area contributed by atoms with Crippen LogP contribution in [0.3, 0.4) is 0 Å². The molecule has 0 fully saturated rings. The van der Waals surface area contributed by atoms with Crippen LogP contribution >= 0.6 is 0 Å². The number of nitrogens with one attached hydrogen (secondary N) is 3. The zero-order valence-electron chi connectivity index (χ0n) is 11.8. The molecule has 1 aromatic heterocycles. The molecule has 0 saturated carbocycles. The SMILES string of the molecule is CC(C)NCCCCS(=O)(=O)NC(C)c1cn[nH]c1. The highest BCUT2D eigenvalue weighted by Gasteiger charge is 2.15. The number of unbranched alkanes of at least 4 members (excludes halogenated alkanes) is 1. The van der Waals surface area contributed by atoms with E-state index < -0.39 is 10.0 Å². The van der Waals surface area contributed by atoms with E-state index in [-0.39, 0.29) is 11.8 Å². The van der Waals surface area contributed by atoms with Crippen molar-refractivity contribution < 1.29 is 8.42 Å². The van der Waals surface area contributed by atoms with Gasteiger partial charge in [0, 0.05) is 23.8 Å². The molecule has 0 aliphatic heterocycles. The third kappa shape index (κ3) is 6.70. The van der Waals surface area contributed by atoms with Crippen LogP contribution < -0.4 is 10.0 Å². The molecule has 1 aromatic rings. The zero-order chi connectivity index (χ0) is 14.3. The fourth-order valence-corrected chi connectivity index (χ4v) is 3.08. The predicted molar refractivity (Wildman–Crippen MR) is 76.3 cm³/mol. The van der Waals surface area contributed by atoms with Gasteiger partial charge in [-0.1, -0.05) is 13.8 Å². The lowest BCUT2D eigenvalue weighted by Gasteiger charge is -2.13. The van der Waals surface area contributed by atoms with Crippen LogP contribution in [0.5, 0.6) is 0 Å². The Labute approximate surface area is 115 Å². The van der Waals surface area contributed by atoms with Gasteiger partial charge in [-0.2, -0.15) is 5.10 Å². The smallest absolute Gasteiger partial charge is 0.212 e. The van der Waals surface area contributed by atoms with E-state index in [0.717, 1.165) is 18.5 Å². The van der Waals surface area contributed by atoms with Gasteiger partial charge in [-0.3, -0.25) is 5.10 Å². The minimum atomic E-state index is -3.23. The summed E-state index contributed by atoms with van der Waals surface area (Å²) in [6, 6.07) is 0.188. The Morgan fingerprint density at radius 3 is 2.63 bits per heavy atom. The monoisotopic (exact) mass is 288 g/mol. The Kier molecular flexibility index (Phi) is 6.47. The highest BCUT2D eigenvalue weighted by Crippen LogP contribution is 2.11. The van der Waals surface area contributed by atoms with Gasteiger partial charge < -0.3 is 5.32 Å².